The molecule has 1 aliphatic rings. The number of halogens is 1. The molecule has 0 aliphatic carbocycles. The molecule has 1 aliphatic heterocycles. The van der Waals surface area contributed by atoms with E-state index < -0.39 is 0 Å². The average molecular weight is 356 g/mol. The van der Waals surface area contributed by atoms with Gasteiger partial charge in [-0.15, -0.1) is 0 Å². The molecule has 7 heteroatoms. The number of nitrogens with zero attached hydrogens (tertiary/aromatic N) is 4. The van der Waals surface area contributed by atoms with Crippen LogP contribution < -0.4 is 10.2 Å². The molecule has 2 heterocycles. The zero-order valence-corrected chi connectivity index (χ0v) is 14.7. The molecule has 0 amide bonds. The van der Waals surface area contributed by atoms with Gasteiger partial charge >= 0.3 is 0 Å². The maximum atomic E-state index is 9.56. The van der Waals surface area contributed by atoms with Gasteiger partial charge in [-0.05, 0) is 36.1 Å². The van der Waals surface area contributed by atoms with Crippen molar-refractivity contribution in [3.05, 3.63) is 63.5 Å². The summed E-state index contributed by atoms with van der Waals surface area (Å²) in [6, 6.07) is 13.8. The SMILES string of the molecule is CC1=CS/C(=C(/C#N)c2cc(N(C)c3ccccc3)nc(Cl)n2)N1. The molecular formula is C17H14ClN5S. The Morgan fingerprint density at radius 2 is 2.04 bits per heavy atom. The Morgan fingerprint density at radius 1 is 1.29 bits per heavy atom. The van der Waals surface area contributed by atoms with Gasteiger partial charge in [0.05, 0.1) is 10.7 Å². The van der Waals surface area contributed by atoms with Gasteiger partial charge < -0.3 is 10.2 Å². The Kier molecular flexibility index (Phi) is 4.74. The molecule has 1 aromatic carbocycles. The van der Waals surface area contributed by atoms with Gasteiger partial charge in [-0.25, -0.2) is 9.97 Å². The molecule has 120 valence electrons. The molecule has 0 saturated heterocycles. The largest absolute Gasteiger partial charge is 0.352 e. The highest BCUT2D eigenvalue weighted by molar-refractivity contribution is 8.06. The molecule has 5 nitrogen and oxygen atoms in total. The zero-order chi connectivity index (χ0) is 17.1. The van der Waals surface area contributed by atoms with Crippen LogP contribution in [0.15, 0.2) is 52.5 Å². The summed E-state index contributed by atoms with van der Waals surface area (Å²) < 4.78 is 0. The number of thioether (sulfide) groups is 1. The number of anilines is 2. The van der Waals surface area contributed by atoms with Crippen LogP contribution in [0, 0.1) is 11.3 Å². The van der Waals surface area contributed by atoms with E-state index in [0.717, 1.165) is 16.4 Å². The highest BCUT2D eigenvalue weighted by Gasteiger charge is 2.18. The number of hydrogen-bond donors (Lipinski definition) is 1. The van der Waals surface area contributed by atoms with Crippen molar-refractivity contribution in [1.82, 2.24) is 15.3 Å². The molecule has 0 bridgehead atoms. The van der Waals surface area contributed by atoms with Gasteiger partial charge in [-0.1, -0.05) is 30.0 Å². The summed E-state index contributed by atoms with van der Waals surface area (Å²) in [6.07, 6.45) is 0. The van der Waals surface area contributed by atoms with E-state index in [1.807, 2.05) is 54.6 Å². The Morgan fingerprint density at radius 3 is 2.67 bits per heavy atom. The van der Waals surface area contributed by atoms with Crippen molar-refractivity contribution >= 4 is 40.4 Å². The third-order valence-electron chi connectivity index (χ3n) is 3.43. The highest BCUT2D eigenvalue weighted by Crippen LogP contribution is 2.32. The van der Waals surface area contributed by atoms with E-state index in [4.69, 9.17) is 11.6 Å². The minimum atomic E-state index is 0.103. The van der Waals surface area contributed by atoms with E-state index in [9.17, 15) is 5.26 Å². The van der Waals surface area contributed by atoms with Crippen LogP contribution in [0.3, 0.4) is 0 Å². The van der Waals surface area contributed by atoms with Crippen molar-refractivity contribution in [3.8, 4) is 6.07 Å². The van der Waals surface area contributed by atoms with Gasteiger partial charge in [-0.3, -0.25) is 0 Å². The predicted molar refractivity (Wildman–Crippen MR) is 98.6 cm³/mol. The van der Waals surface area contributed by atoms with Crippen LogP contribution in [0.1, 0.15) is 12.6 Å². The number of hydrogen-bond acceptors (Lipinski definition) is 6. The maximum absolute atomic E-state index is 9.56. The van der Waals surface area contributed by atoms with Gasteiger partial charge in [0.2, 0.25) is 5.28 Å². The van der Waals surface area contributed by atoms with Gasteiger partial charge in [0.25, 0.3) is 0 Å². The van der Waals surface area contributed by atoms with Crippen molar-refractivity contribution < 1.29 is 0 Å². The normalized spacial score (nSPS) is 15.3. The Bertz CT molecular complexity index is 870. The van der Waals surface area contributed by atoms with E-state index in [2.05, 4.69) is 21.4 Å². The lowest BCUT2D eigenvalue weighted by Gasteiger charge is -2.19. The van der Waals surface area contributed by atoms with Crippen LogP contribution in [0.25, 0.3) is 5.57 Å². The molecule has 1 aromatic heterocycles. The first-order chi connectivity index (χ1) is 11.6. The van der Waals surface area contributed by atoms with E-state index >= 15 is 0 Å². The molecule has 3 rings (SSSR count). The van der Waals surface area contributed by atoms with Crippen molar-refractivity contribution in [2.24, 2.45) is 0 Å². The summed E-state index contributed by atoms with van der Waals surface area (Å²) in [4.78, 5) is 10.4. The third-order valence-corrected chi connectivity index (χ3v) is 4.61. The number of allylic oxidation sites excluding steroid dienone is 2. The molecular weight excluding hydrogens is 342 g/mol. The second-order valence-corrected chi connectivity index (χ2v) is 6.35. The molecule has 0 fully saturated rings. The van der Waals surface area contributed by atoms with Crippen molar-refractivity contribution in [1.29, 1.82) is 5.26 Å². The Balaban J connectivity index is 2.02. The van der Waals surface area contributed by atoms with Crippen LogP contribution in [0.4, 0.5) is 11.5 Å². The number of benzene rings is 1. The summed E-state index contributed by atoms with van der Waals surface area (Å²) in [5.74, 6) is 0.622. The van der Waals surface area contributed by atoms with Crippen LogP contribution in [0.5, 0.6) is 0 Å². The van der Waals surface area contributed by atoms with Crippen LogP contribution in [-0.2, 0) is 0 Å². The fourth-order valence-electron chi connectivity index (χ4n) is 2.22. The topological polar surface area (TPSA) is 64.8 Å². The summed E-state index contributed by atoms with van der Waals surface area (Å²) in [6.45, 7) is 1.94. The fraction of sp³-hybridized carbons (Fsp3) is 0.118. The van der Waals surface area contributed by atoms with Gasteiger partial charge in [-0.2, -0.15) is 5.26 Å². The third kappa shape index (κ3) is 3.37. The summed E-state index contributed by atoms with van der Waals surface area (Å²) in [5, 5.41) is 15.5. The number of rotatable bonds is 3. The monoisotopic (exact) mass is 355 g/mol. The molecule has 0 radical (unpaired) electrons. The standard InChI is InChI=1S/C17H14ClN5S/c1-11-10-24-16(20-11)13(9-19)14-8-15(22-17(18)21-14)23(2)12-6-4-3-5-7-12/h3-8,10,20H,1-2H3/b16-13-. The van der Waals surface area contributed by atoms with Gasteiger partial charge in [0, 0.05) is 24.5 Å². The van der Waals surface area contributed by atoms with Crippen molar-refractivity contribution in [2.45, 2.75) is 6.92 Å². The molecule has 0 atom stereocenters. The molecule has 0 saturated carbocycles. The smallest absolute Gasteiger partial charge is 0.224 e. The summed E-state index contributed by atoms with van der Waals surface area (Å²) >= 11 is 7.56. The Labute approximate surface area is 149 Å². The van der Waals surface area contributed by atoms with Gasteiger partial charge in [0.15, 0.2) is 0 Å². The predicted octanol–water partition coefficient (Wildman–Crippen LogP) is 4.29. The average Bonchev–Trinajstić information content (AvgIpc) is 3.01. The fourth-order valence-corrected chi connectivity index (χ4v) is 3.24. The van der Waals surface area contributed by atoms with E-state index in [-0.39, 0.29) is 5.28 Å². The van der Waals surface area contributed by atoms with Crippen molar-refractivity contribution in [2.75, 3.05) is 11.9 Å². The highest BCUT2D eigenvalue weighted by atomic mass is 35.5. The number of aromatic nitrogens is 2. The first-order valence-corrected chi connectivity index (χ1v) is 8.43. The second kappa shape index (κ2) is 6.95. The minimum Gasteiger partial charge on any atom is -0.352 e. The van der Waals surface area contributed by atoms with Crippen LogP contribution in [-0.4, -0.2) is 17.0 Å². The first-order valence-electron chi connectivity index (χ1n) is 7.17. The van der Waals surface area contributed by atoms with Crippen molar-refractivity contribution in [3.63, 3.8) is 0 Å². The molecule has 0 unspecified atom stereocenters. The summed E-state index contributed by atoms with van der Waals surface area (Å²) in [7, 11) is 1.89. The minimum absolute atomic E-state index is 0.103. The van der Waals surface area contributed by atoms with E-state index in [0.29, 0.717) is 17.1 Å². The lowest BCUT2D eigenvalue weighted by atomic mass is 10.2. The van der Waals surface area contributed by atoms with Gasteiger partial charge in [0.1, 0.15) is 17.5 Å². The quantitative estimate of drug-likeness (QED) is 0.654. The molecule has 2 aromatic rings. The van der Waals surface area contributed by atoms with Crippen LogP contribution in [0.2, 0.25) is 5.28 Å². The lowest BCUT2D eigenvalue weighted by molar-refractivity contribution is 1.05. The first kappa shape index (κ1) is 16.4. The van der Waals surface area contributed by atoms with E-state index in [1.54, 1.807) is 6.07 Å². The molecule has 0 spiro atoms. The van der Waals surface area contributed by atoms with E-state index in [1.165, 1.54) is 11.8 Å². The Hall–Kier alpha value is -2.49. The second-order valence-electron chi connectivity index (χ2n) is 5.13. The molecule has 1 N–H and O–H groups in total. The maximum Gasteiger partial charge on any atom is 0.224 e. The summed E-state index contributed by atoms with van der Waals surface area (Å²) in [5.41, 5.74) is 2.90. The number of nitriles is 1. The number of nitrogens with one attached hydrogen (secondary N) is 1. The lowest BCUT2D eigenvalue weighted by Crippen LogP contribution is -2.13. The zero-order valence-electron chi connectivity index (χ0n) is 13.1. The van der Waals surface area contributed by atoms with Crippen LogP contribution >= 0.6 is 23.4 Å². The number of para-hydroxylation sites is 1. The molecule has 24 heavy (non-hydrogen) atoms.